The minimum absolute atomic E-state index is 0.719. The van der Waals surface area contributed by atoms with E-state index in [1.165, 1.54) is 22.7 Å². The van der Waals surface area contributed by atoms with Crippen LogP contribution in [-0.4, -0.2) is 11.0 Å². The van der Waals surface area contributed by atoms with E-state index in [1.807, 2.05) is 6.20 Å². The second kappa shape index (κ2) is 3.72. The predicted molar refractivity (Wildman–Crippen MR) is 62.8 cm³/mol. The van der Waals surface area contributed by atoms with Crippen LogP contribution in [0.2, 0.25) is 0 Å². The molecule has 3 heteroatoms. The number of allylic oxidation sites excluding steroid dienone is 1. The fourth-order valence-corrected chi connectivity index (χ4v) is 3.41. The summed E-state index contributed by atoms with van der Waals surface area (Å²) in [6.45, 7) is 3.06. The van der Waals surface area contributed by atoms with Gasteiger partial charge in [0, 0.05) is 23.7 Å². The largest absolute Gasteiger partial charge is 0.308 e. The van der Waals surface area contributed by atoms with Crippen molar-refractivity contribution in [3.63, 3.8) is 0 Å². The van der Waals surface area contributed by atoms with Gasteiger partial charge in [-0.15, -0.1) is 11.3 Å². The molecule has 0 spiro atoms. The Kier molecular flexibility index (Phi) is 2.37. The Balaban J connectivity index is 1.53. The average Bonchev–Trinajstić information content (AvgIpc) is 2.75. The van der Waals surface area contributed by atoms with Gasteiger partial charge in [-0.3, -0.25) is 0 Å². The first-order chi connectivity index (χ1) is 7.33. The predicted octanol–water partition coefficient (Wildman–Crippen LogP) is 2.51. The van der Waals surface area contributed by atoms with E-state index >= 15 is 0 Å². The van der Waals surface area contributed by atoms with Crippen LogP contribution in [0.25, 0.3) is 0 Å². The van der Waals surface area contributed by atoms with Gasteiger partial charge in [0.2, 0.25) is 0 Å². The van der Waals surface area contributed by atoms with Crippen LogP contribution in [-0.2, 0) is 6.54 Å². The van der Waals surface area contributed by atoms with Crippen molar-refractivity contribution in [3.05, 3.63) is 28.2 Å². The normalized spacial score (nSPS) is 32.7. The highest BCUT2D eigenvalue weighted by atomic mass is 32.1. The van der Waals surface area contributed by atoms with Crippen LogP contribution >= 0.6 is 11.3 Å². The summed E-state index contributed by atoms with van der Waals surface area (Å²) in [6, 6.07) is 0.719. The molecule has 1 saturated carbocycles. The van der Waals surface area contributed by atoms with Gasteiger partial charge >= 0.3 is 0 Å². The van der Waals surface area contributed by atoms with Crippen molar-refractivity contribution >= 4 is 11.3 Å². The van der Waals surface area contributed by atoms with Crippen molar-refractivity contribution in [2.45, 2.75) is 32.4 Å². The minimum Gasteiger partial charge on any atom is -0.308 e. The molecule has 80 valence electrons. The van der Waals surface area contributed by atoms with Gasteiger partial charge < -0.3 is 5.32 Å². The minimum atomic E-state index is 0.719. The molecule has 0 amide bonds. The first kappa shape index (κ1) is 9.55. The SMILES string of the molecule is Cc1ncc(CNC2CC3CC=CC32)s1. The fraction of sp³-hybridized carbons (Fsp3) is 0.583. The van der Waals surface area contributed by atoms with Crippen molar-refractivity contribution in [2.24, 2.45) is 11.8 Å². The van der Waals surface area contributed by atoms with Crippen LogP contribution in [0.3, 0.4) is 0 Å². The second-order valence-electron chi connectivity index (χ2n) is 4.57. The van der Waals surface area contributed by atoms with Gasteiger partial charge in [0.15, 0.2) is 0 Å². The maximum Gasteiger partial charge on any atom is 0.0897 e. The molecule has 0 saturated heterocycles. The van der Waals surface area contributed by atoms with Crippen molar-refractivity contribution < 1.29 is 0 Å². The van der Waals surface area contributed by atoms with Crippen LogP contribution in [0, 0.1) is 18.8 Å². The van der Waals surface area contributed by atoms with Crippen LogP contribution in [0.4, 0.5) is 0 Å². The molecule has 0 aliphatic heterocycles. The highest BCUT2D eigenvalue weighted by Gasteiger charge is 2.40. The molecule has 0 radical (unpaired) electrons. The standard InChI is InChI=1S/C12H16N2S/c1-8-13-6-10(15-8)7-14-12-5-9-3-2-4-11(9)12/h2,4,6,9,11-12,14H,3,5,7H2,1H3. The zero-order valence-electron chi connectivity index (χ0n) is 8.94. The van der Waals surface area contributed by atoms with Gasteiger partial charge in [-0.25, -0.2) is 4.98 Å². The lowest BCUT2D eigenvalue weighted by molar-refractivity contribution is 0.162. The van der Waals surface area contributed by atoms with E-state index < -0.39 is 0 Å². The number of aromatic nitrogens is 1. The molecule has 3 atom stereocenters. The first-order valence-electron chi connectivity index (χ1n) is 5.64. The Bertz CT molecular complexity index is 383. The summed E-state index contributed by atoms with van der Waals surface area (Å²) in [4.78, 5) is 5.63. The Hall–Kier alpha value is -0.670. The molecule has 0 bridgehead atoms. The molecular formula is C12H16N2S. The lowest BCUT2D eigenvalue weighted by Crippen LogP contribution is -2.47. The van der Waals surface area contributed by atoms with E-state index in [-0.39, 0.29) is 0 Å². The zero-order valence-corrected chi connectivity index (χ0v) is 9.76. The van der Waals surface area contributed by atoms with Crippen molar-refractivity contribution in [3.8, 4) is 0 Å². The number of nitrogens with one attached hydrogen (secondary N) is 1. The zero-order chi connectivity index (χ0) is 10.3. The molecule has 1 aromatic heterocycles. The fourth-order valence-electron chi connectivity index (χ4n) is 2.67. The maximum absolute atomic E-state index is 4.27. The number of rotatable bonds is 3. The number of hydrogen-bond acceptors (Lipinski definition) is 3. The van der Waals surface area contributed by atoms with Crippen molar-refractivity contribution in [1.29, 1.82) is 0 Å². The van der Waals surface area contributed by atoms with Crippen molar-refractivity contribution in [1.82, 2.24) is 10.3 Å². The topological polar surface area (TPSA) is 24.9 Å². The molecule has 3 rings (SSSR count). The van der Waals surface area contributed by atoms with E-state index in [4.69, 9.17) is 0 Å². The number of aryl methyl sites for hydroxylation is 1. The summed E-state index contributed by atoms with van der Waals surface area (Å²) in [6.07, 6.45) is 9.39. The summed E-state index contributed by atoms with van der Waals surface area (Å²) >= 11 is 1.80. The number of nitrogens with zero attached hydrogens (tertiary/aromatic N) is 1. The van der Waals surface area contributed by atoms with Crippen LogP contribution < -0.4 is 5.32 Å². The van der Waals surface area contributed by atoms with E-state index in [9.17, 15) is 0 Å². The van der Waals surface area contributed by atoms with E-state index in [2.05, 4.69) is 29.4 Å². The smallest absolute Gasteiger partial charge is 0.0897 e. The third-order valence-electron chi connectivity index (χ3n) is 3.57. The molecule has 1 fully saturated rings. The highest BCUT2D eigenvalue weighted by Crippen LogP contribution is 2.42. The summed E-state index contributed by atoms with van der Waals surface area (Å²) in [7, 11) is 0. The monoisotopic (exact) mass is 220 g/mol. The van der Waals surface area contributed by atoms with Gasteiger partial charge in [0.05, 0.1) is 5.01 Å². The molecule has 0 aromatic carbocycles. The number of fused-ring (bicyclic) bond motifs is 1. The Morgan fingerprint density at radius 2 is 2.53 bits per heavy atom. The quantitative estimate of drug-likeness (QED) is 0.792. The van der Waals surface area contributed by atoms with Crippen molar-refractivity contribution in [2.75, 3.05) is 0 Å². The lowest BCUT2D eigenvalue weighted by atomic mass is 9.71. The summed E-state index contributed by atoms with van der Waals surface area (Å²) in [5.74, 6) is 1.77. The molecule has 1 N–H and O–H groups in total. The van der Waals surface area contributed by atoms with E-state index in [0.717, 1.165) is 24.4 Å². The van der Waals surface area contributed by atoms with E-state index in [1.54, 1.807) is 11.3 Å². The second-order valence-corrected chi connectivity index (χ2v) is 5.89. The first-order valence-corrected chi connectivity index (χ1v) is 6.46. The summed E-state index contributed by atoms with van der Waals surface area (Å²) in [5.41, 5.74) is 0. The third-order valence-corrected chi connectivity index (χ3v) is 4.48. The Morgan fingerprint density at radius 1 is 1.60 bits per heavy atom. The molecular weight excluding hydrogens is 204 g/mol. The molecule has 2 aliphatic rings. The van der Waals surface area contributed by atoms with Crippen LogP contribution in [0.1, 0.15) is 22.7 Å². The van der Waals surface area contributed by atoms with Crippen LogP contribution in [0.15, 0.2) is 18.3 Å². The van der Waals surface area contributed by atoms with Gasteiger partial charge in [-0.1, -0.05) is 12.2 Å². The third kappa shape index (κ3) is 1.74. The van der Waals surface area contributed by atoms with Gasteiger partial charge in [0.25, 0.3) is 0 Å². The van der Waals surface area contributed by atoms with Gasteiger partial charge in [-0.05, 0) is 31.6 Å². The Labute approximate surface area is 94.4 Å². The van der Waals surface area contributed by atoms with E-state index in [0.29, 0.717) is 0 Å². The summed E-state index contributed by atoms with van der Waals surface area (Å²) < 4.78 is 0. The van der Waals surface area contributed by atoms with Gasteiger partial charge in [0.1, 0.15) is 0 Å². The Morgan fingerprint density at radius 3 is 3.27 bits per heavy atom. The van der Waals surface area contributed by atoms with Gasteiger partial charge in [-0.2, -0.15) is 0 Å². The lowest BCUT2D eigenvalue weighted by Gasteiger charge is -2.40. The average molecular weight is 220 g/mol. The molecule has 3 unspecified atom stereocenters. The van der Waals surface area contributed by atoms with Crippen LogP contribution in [0.5, 0.6) is 0 Å². The number of thiazole rings is 1. The molecule has 1 aromatic rings. The summed E-state index contributed by atoms with van der Waals surface area (Å²) in [5, 5.41) is 4.81. The maximum atomic E-state index is 4.27. The molecule has 2 nitrogen and oxygen atoms in total. The number of hydrogen-bond donors (Lipinski definition) is 1. The molecule has 1 heterocycles. The molecule has 15 heavy (non-hydrogen) atoms. The highest BCUT2D eigenvalue weighted by molar-refractivity contribution is 7.11. The molecule has 2 aliphatic carbocycles.